The minimum atomic E-state index is -0.173. The number of carbonyl (C=O) groups excluding carboxylic acids is 2. The van der Waals surface area contributed by atoms with E-state index in [-0.39, 0.29) is 11.8 Å². The molecule has 3 rings (SSSR count). The molecule has 1 aliphatic heterocycles. The zero-order chi connectivity index (χ0) is 17.8. The van der Waals surface area contributed by atoms with Crippen LogP contribution in [0.2, 0.25) is 0 Å². The molecule has 25 heavy (non-hydrogen) atoms. The van der Waals surface area contributed by atoms with Crippen molar-refractivity contribution in [3.8, 4) is 0 Å². The van der Waals surface area contributed by atoms with Crippen LogP contribution in [0.3, 0.4) is 0 Å². The van der Waals surface area contributed by atoms with E-state index in [4.69, 9.17) is 0 Å². The standard InChI is InChI=1S/C20H22N2O2S/c1-3-12-22-19(23)17(16-11-8-13-25-16)18(20(22)24)21(4-2)14-15-9-6-5-7-10-15/h5-11,13H,3-4,12,14H2,1-2H3. The normalized spacial score (nSPS) is 14.6. The predicted octanol–water partition coefficient (Wildman–Crippen LogP) is 3.76. The van der Waals surface area contributed by atoms with Crippen LogP contribution in [0.25, 0.3) is 5.57 Å². The average molecular weight is 354 g/mol. The van der Waals surface area contributed by atoms with Gasteiger partial charge in [0.1, 0.15) is 5.70 Å². The molecule has 0 unspecified atom stereocenters. The second-order valence-corrected chi connectivity index (χ2v) is 6.91. The van der Waals surface area contributed by atoms with Crippen LogP contribution in [-0.2, 0) is 16.1 Å². The zero-order valence-electron chi connectivity index (χ0n) is 14.6. The van der Waals surface area contributed by atoms with Crippen molar-refractivity contribution in [3.63, 3.8) is 0 Å². The maximum atomic E-state index is 13.0. The smallest absolute Gasteiger partial charge is 0.277 e. The van der Waals surface area contributed by atoms with Gasteiger partial charge in [-0.05, 0) is 30.4 Å². The quantitative estimate of drug-likeness (QED) is 0.711. The fourth-order valence-electron chi connectivity index (χ4n) is 3.08. The maximum Gasteiger partial charge on any atom is 0.277 e. The number of hydrogen-bond acceptors (Lipinski definition) is 4. The third-order valence-corrected chi connectivity index (χ3v) is 5.16. The van der Waals surface area contributed by atoms with Gasteiger partial charge in [0, 0.05) is 24.5 Å². The molecular weight excluding hydrogens is 332 g/mol. The summed E-state index contributed by atoms with van der Waals surface area (Å²) < 4.78 is 0. The molecule has 1 aliphatic rings. The number of rotatable bonds is 7. The second kappa shape index (κ2) is 7.66. The highest BCUT2D eigenvalue weighted by molar-refractivity contribution is 7.11. The molecule has 0 saturated heterocycles. The Morgan fingerprint density at radius 3 is 2.36 bits per heavy atom. The summed E-state index contributed by atoms with van der Waals surface area (Å²) in [6, 6.07) is 13.9. The molecule has 1 aromatic carbocycles. The summed E-state index contributed by atoms with van der Waals surface area (Å²) >= 11 is 1.50. The van der Waals surface area contributed by atoms with Crippen molar-refractivity contribution >= 4 is 28.7 Å². The molecule has 0 saturated carbocycles. The van der Waals surface area contributed by atoms with Crippen LogP contribution >= 0.6 is 11.3 Å². The molecular formula is C20H22N2O2S. The van der Waals surface area contributed by atoms with Crippen molar-refractivity contribution in [1.29, 1.82) is 0 Å². The Morgan fingerprint density at radius 1 is 1.00 bits per heavy atom. The monoisotopic (exact) mass is 354 g/mol. The molecule has 0 atom stereocenters. The molecule has 4 nitrogen and oxygen atoms in total. The van der Waals surface area contributed by atoms with Gasteiger partial charge in [-0.3, -0.25) is 14.5 Å². The van der Waals surface area contributed by atoms with Crippen molar-refractivity contribution in [1.82, 2.24) is 9.80 Å². The van der Waals surface area contributed by atoms with Gasteiger partial charge in [0.15, 0.2) is 0 Å². The van der Waals surface area contributed by atoms with Gasteiger partial charge in [0.25, 0.3) is 11.8 Å². The highest BCUT2D eigenvalue weighted by Gasteiger charge is 2.41. The van der Waals surface area contributed by atoms with Crippen LogP contribution in [0.15, 0.2) is 53.5 Å². The fraction of sp³-hybridized carbons (Fsp3) is 0.300. The number of benzene rings is 1. The first-order chi connectivity index (χ1) is 12.2. The largest absolute Gasteiger partial charge is 0.362 e. The number of carbonyl (C=O) groups is 2. The Kier molecular flexibility index (Phi) is 5.34. The first kappa shape index (κ1) is 17.4. The predicted molar refractivity (Wildman–Crippen MR) is 101 cm³/mol. The highest BCUT2D eigenvalue weighted by atomic mass is 32.1. The highest BCUT2D eigenvalue weighted by Crippen LogP contribution is 2.34. The lowest BCUT2D eigenvalue weighted by Gasteiger charge is -2.24. The summed E-state index contributed by atoms with van der Waals surface area (Å²) in [6.45, 7) is 5.73. The van der Waals surface area contributed by atoms with Crippen molar-refractivity contribution in [3.05, 3.63) is 64.0 Å². The molecule has 0 radical (unpaired) electrons. The van der Waals surface area contributed by atoms with Crippen molar-refractivity contribution < 1.29 is 9.59 Å². The van der Waals surface area contributed by atoms with Crippen molar-refractivity contribution in [2.75, 3.05) is 13.1 Å². The van der Waals surface area contributed by atoms with Crippen LogP contribution in [0.4, 0.5) is 0 Å². The van der Waals surface area contributed by atoms with E-state index >= 15 is 0 Å². The van der Waals surface area contributed by atoms with Gasteiger partial charge in [-0.25, -0.2) is 0 Å². The summed E-state index contributed by atoms with van der Waals surface area (Å²) in [4.78, 5) is 30.2. The molecule has 2 aromatic rings. The van der Waals surface area contributed by atoms with Gasteiger partial charge >= 0.3 is 0 Å². The van der Waals surface area contributed by atoms with Crippen LogP contribution in [0.1, 0.15) is 30.7 Å². The summed E-state index contributed by atoms with van der Waals surface area (Å²) in [5, 5.41) is 1.94. The van der Waals surface area contributed by atoms with E-state index in [1.54, 1.807) is 0 Å². The molecule has 5 heteroatoms. The van der Waals surface area contributed by atoms with Gasteiger partial charge < -0.3 is 4.90 Å². The molecule has 0 bridgehead atoms. The summed E-state index contributed by atoms with van der Waals surface area (Å²) in [6.07, 6.45) is 0.757. The number of imide groups is 1. The Bertz CT molecular complexity index is 781. The Morgan fingerprint density at radius 2 is 1.76 bits per heavy atom. The number of thiophene rings is 1. The van der Waals surface area contributed by atoms with E-state index < -0.39 is 0 Å². The van der Waals surface area contributed by atoms with Gasteiger partial charge in [0.2, 0.25) is 0 Å². The van der Waals surface area contributed by atoms with E-state index in [0.717, 1.165) is 16.9 Å². The molecule has 2 amide bonds. The summed E-state index contributed by atoms with van der Waals surface area (Å²) in [5.41, 5.74) is 2.20. The lowest BCUT2D eigenvalue weighted by molar-refractivity contribution is -0.137. The van der Waals surface area contributed by atoms with Gasteiger partial charge in [-0.2, -0.15) is 0 Å². The second-order valence-electron chi connectivity index (χ2n) is 5.96. The van der Waals surface area contributed by atoms with Gasteiger partial charge in [-0.15, -0.1) is 11.3 Å². The Balaban J connectivity index is 2.03. The van der Waals surface area contributed by atoms with Gasteiger partial charge in [0.05, 0.1) is 5.57 Å². The van der Waals surface area contributed by atoms with Gasteiger partial charge in [-0.1, -0.05) is 43.3 Å². The molecule has 0 fully saturated rings. The average Bonchev–Trinajstić information content (AvgIpc) is 3.23. The summed E-state index contributed by atoms with van der Waals surface area (Å²) in [5.74, 6) is -0.344. The number of hydrogen-bond donors (Lipinski definition) is 0. The van der Waals surface area contributed by atoms with Crippen LogP contribution in [-0.4, -0.2) is 34.7 Å². The first-order valence-corrected chi connectivity index (χ1v) is 9.48. The van der Waals surface area contributed by atoms with E-state index in [0.29, 0.717) is 30.9 Å². The Labute approximate surface area is 152 Å². The third kappa shape index (κ3) is 3.37. The lowest BCUT2D eigenvalue weighted by Crippen LogP contribution is -2.35. The van der Waals surface area contributed by atoms with E-state index in [2.05, 4.69) is 0 Å². The zero-order valence-corrected chi connectivity index (χ0v) is 15.4. The first-order valence-electron chi connectivity index (χ1n) is 8.60. The lowest BCUT2D eigenvalue weighted by atomic mass is 10.1. The van der Waals surface area contributed by atoms with Crippen molar-refractivity contribution in [2.24, 2.45) is 0 Å². The van der Waals surface area contributed by atoms with Crippen molar-refractivity contribution in [2.45, 2.75) is 26.8 Å². The van der Waals surface area contributed by atoms with E-state index in [1.807, 2.05) is 66.6 Å². The molecule has 130 valence electrons. The molecule has 2 heterocycles. The SMILES string of the molecule is CCCN1C(=O)C(c2cccs2)=C(N(CC)Cc2ccccc2)C1=O. The van der Waals surface area contributed by atoms with Crippen LogP contribution < -0.4 is 0 Å². The minimum Gasteiger partial charge on any atom is -0.362 e. The molecule has 0 spiro atoms. The third-order valence-electron chi connectivity index (χ3n) is 4.27. The van der Waals surface area contributed by atoms with Crippen LogP contribution in [0, 0.1) is 0 Å². The number of nitrogens with zero attached hydrogens (tertiary/aromatic N) is 2. The fourth-order valence-corrected chi connectivity index (χ4v) is 3.84. The molecule has 0 N–H and O–H groups in total. The molecule has 1 aromatic heterocycles. The molecule has 0 aliphatic carbocycles. The Hall–Kier alpha value is -2.40. The topological polar surface area (TPSA) is 40.6 Å². The minimum absolute atomic E-state index is 0.171. The van der Waals surface area contributed by atoms with E-state index in [9.17, 15) is 9.59 Å². The number of likely N-dealkylation sites (N-methyl/N-ethyl adjacent to an activating group) is 1. The maximum absolute atomic E-state index is 13.0. The van der Waals surface area contributed by atoms with E-state index in [1.165, 1.54) is 16.2 Å². The number of amides is 2. The summed E-state index contributed by atoms with van der Waals surface area (Å²) in [7, 11) is 0. The van der Waals surface area contributed by atoms with Crippen LogP contribution in [0.5, 0.6) is 0 Å².